The lowest BCUT2D eigenvalue weighted by molar-refractivity contribution is -0.163. The first kappa shape index (κ1) is 33.2. The molecule has 0 aliphatic carbocycles. The third-order valence-electron chi connectivity index (χ3n) is 10.2. The quantitative estimate of drug-likeness (QED) is 0.169. The van der Waals surface area contributed by atoms with Crippen molar-refractivity contribution < 1.29 is 29.0 Å². The largest absolute Gasteiger partial charge is 0.465 e. The number of fused-ring (bicyclic) bond motifs is 1. The third-order valence-corrected chi connectivity index (χ3v) is 10.5. The highest BCUT2D eigenvalue weighted by molar-refractivity contribution is 6.34. The van der Waals surface area contributed by atoms with Gasteiger partial charge in [0.05, 0.1) is 41.5 Å². The van der Waals surface area contributed by atoms with Gasteiger partial charge in [-0.1, -0.05) is 63.1 Å². The molecule has 3 unspecified atom stereocenters. The van der Waals surface area contributed by atoms with Crippen LogP contribution < -0.4 is 4.90 Å². The molecule has 0 saturated carbocycles. The second kappa shape index (κ2) is 13.1. The lowest BCUT2D eigenvalue weighted by atomic mass is 9.62. The minimum atomic E-state index is -1.27. The van der Waals surface area contributed by atoms with Crippen molar-refractivity contribution in [3.8, 4) is 0 Å². The molecule has 236 valence electrons. The number of hydrogen-bond acceptors (Lipinski definition) is 6. The number of hydrogen-bond donors (Lipinski definition) is 1. The molecule has 1 aromatic rings. The van der Waals surface area contributed by atoms with Crippen LogP contribution in [-0.4, -0.2) is 70.8 Å². The first-order valence-electron chi connectivity index (χ1n) is 15.5. The smallest absolute Gasteiger partial charge is 0.312 e. The number of esters is 1. The third kappa shape index (κ3) is 5.44. The second-order valence-corrected chi connectivity index (χ2v) is 13.1. The number of aliphatic hydroxyl groups is 1. The van der Waals surface area contributed by atoms with Gasteiger partial charge in [0.15, 0.2) is 0 Å². The van der Waals surface area contributed by atoms with E-state index in [0.29, 0.717) is 30.0 Å². The molecule has 2 bridgehead atoms. The molecule has 3 aliphatic heterocycles. The van der Waals surface area contributed by atoms with Crippen molar-refractivity contribution in [1.82, 2.24) is 4.90 Å². The Morgan fingerprint density at radius 3 is 2.63 bits per heavy atom. The number of likely N-dealkylation sites (tertiary alicyclic amines) is 1. The molecule has 8 atom stereocenters. The van der Waals surface area contributed by atoms with Crippen molar-refractivity contribution >= 4 is 35.1 Å². The summed E-state index contributed by atoms with van der Waals surface area (Å²) in [4.78, 5) is 46.5. The van der Waals surface area contributed by atoms with E-state index in [1.165, 1.54) is 4.90 Å². The van der Waals surface area contributed by atoms with Gasteiger partial charge in [0, 0.05) is 6.54 Å². The van der Waals surface area contributed by atoms with Crippen molar-refractivity contribution in [3.63, 3.8) is 0 Å². The number of ether oxygens (including phenoxy) is 2. The van der Waals surface area contributed by atoms with Crippen LogP contribution in [0.15, 0.2) is 43.5 Å². The molecule has 3 heterocycles. The Morgan fingerprint density at radius 1 is 1.30 bits per heavy atom. The zero-order chi connectivity index (χ0) is 31.7. The van der Waals surface area contributed by atoms with Crippen LogP contribution in [0.2, 0.25) is 5.02 Å². The number of carbonyl (C=O) groups excluding carboxylic acids is 3. The summed E-state index contributed by atoms with van der Waals surface area (Å²) in [5.74, 6) is -3.24. The molecule has 1 N–H and O–H groups in total. The summed E-state index contributed by atoms with van der Waals surface area (Å²) < 4.78 is 12.6. The molecular weight excluding hydrogens is 568 g/mol. The number of carbonyl (C=O) groups is 3. The van der Waals surface area contributed by atoms with E-state index in [-0.39, 0.29) is 43.4 Å². The van der Waals surface area contributed by atoms with Crippen molar-refractivity contribution in [2.75, 3.05) is 24.7 Å². The van der Waals surface area contributed by atoms with Gasteiger partial charge in [-0.25, -0.2) is 0 Å². The lowest BCUT2D eigenvalue weighted by Gasteiger charge is -2.41. The van der Waals surface area contributed by atoms with Crippen LogP contribution in [-0.2, 0) is 23.9 Å². The number of amides is 2. The highest BCUT2D eigenvalue weighted by Crippen LogP contribution is 2.66. The summed E-state index contributed by atoms with van der Waals surface area (Å²) in [6.07, 6.45) is 6.90. The Hall–Kier alpha value is -2.68. The highest BCUT2D eigenvalue weighted by Gasteiger charge is 2.81. The zero-order valence-corrected chi connectivity index (χ0v) is 26.9. The van der Waals surface area contributed by atoms with E-state index in [0.717, 1.165) is 18.4 Å². The molecule has 9 heteroatoms. The van der Waals surface area contributed by atoms with Gasteiger partial charge in [-0.3, -0.25) is 14.4 Å². The maximum Gasteiger partial charge on any atom is 0.312 e. The molecule has 3 saturated heterocycles. The number of unbranched alkanes of at least 4 members (excludes halogenated alkanes) is 2. The van der Waals surface area contributed by atoms with E-state index in [1.807, 2.05) is 52.8 Å². The highest BCUT2D eigenvalue weighted by atomic mass is 35.5. The van der Waals surface area contributed by atoms with Gasteiger partial charge in [0.1, 0.15) is 17.6 Å². The summed E-state index contributed by atoms with van der Waals surface area (Å²) in [5.41, 5.74) is -0.932. The van der Waals surface area contributed by atoms with Crippen LogP contribution in [0, 0.1) is 30.6 Å². The SMILES string of the molecule is C=CCCCCOC(=O)[C@@H]1[C@H]2C(=O)N([C@@H](CO)[C@@H](C)CC)C(C(=O)N(CC=C)c3c(C)cccc3Cl)C23CC(C)[C@@]1(C)O3. The fourth-order valence-electron chi connectivity index (χ4n) is 7.67. The zero-order valence-electron chi connectivity index (χ0n) is 26.2. The predicted octanol–water partition coefficient (Wildman–Crippen LogP) is 5.48. The molecule has 0 aromatic heterocycles. The second-order valence-electron chi connectivity index (χ2n) is 12.7. The number of para-hydroxylation sites is 1. The van der Waals surface area contributed by atoms with Gasteiger partial charge < -0.3 is 24.4 Å². The minimum absolute atomic E-state index is 0.116. The molecule has 43 heavy (non-hydrogen) atoms. The number of benzene rings is 1. The number of allylic oxidation sites excluding steroid dienone is 1. The van der Waals surface area contributed by atoms with E-state index in [9.17, 15) is 19.5 Å². The lowest BCUT2D eigenvalue weighted by Crippen LogP contribution is -2.60. The van der Waals surface area contributed by atoms with E-state index in [2.05, 4.69) is 13.2 Å². The Bertz CT molecular complexity index is 1230. The normalized spacial score (nSPS) is 30.6. The van der Waals surface area contributed by atoms with E-state index >= 15 is 0 Å². The summed E-state index contributed by atoms with van der Waals surface area (Å²) >= 11 is 6.67. The van der Waals surface area contributed by atoms with Crippen molar-refractivity contribution in [3.05, 3.63) is 54.1 Å². The van der Waals surface area contributed by atoms with Gasteiger partial charge in [0.25, 0.3) is 5.91 Å². The molecule has 3 aliphatic rings. The Morgan fingerprint density at radius 2 is 2.02 bits per heavy atom. The van der Waals surface area contributed by atoms with Gasteiger partial charge in [-0.15, -0.1) is 13.2 Å². The number of aliphatic hydroxyl groups excluding tert-OH is 1. The maximum atomic E-state index is 15.0. The molecule has 0 radical (unpaired) electrons. The summed E-state index contributed by atoms with van der Waals surface area (Å²) in [7, 11) is 0. The fraction of sp³-hybridized carbons (Fsp3) is 0.618. The number of nitrogens with zero attached hydrogens (tertiary/aromatic N) is 2. The summed E-state index contributed by atoms with van der Waals surface area (Å²) in [6.45, 7) is 17.4. The molecule has 1 spiro atoms. The van der Waals surface area contributed by atoms with Crippen LogP contribution in [0.4, 0.5) is 5.69 Å². The van der Waals surface area contributed by atoms with Crippen LogP contribution in [0.5, 0.6) is 0 Å². The minimum Gasteiger partial charge on any atom is -0.465 e. The average molecular weight is 615 g/mol. The number of halogens is 1. The first-order chi connectivity index (χ1) is 20.4. The topological polar surface area (TPSA) is 96.4 Å². The van der Waals surface area contributed by atoms with Crippen molar-refractivity contribution in [2.24, 2.45) is 23.7 Å². The number of rotatable bonds is 14. The molecule has 4 rings (SSSR count). The molecule has 2 amide bonds. The maximum absolute atomic E-state index is 15.0. The number of aryl methyl sites for hydroxylation is 1. The summed E-state index contributed by atoms with van der Waals surface area (Å²) in [6, 6.07) is 3.69. The van der Waals surface area contributed by atoms with Gasteiger partial charge >= 0.3 is 5.97 Å². The van der Waals surface area contributed by atoms with Crippen LogP contribution >= 0.6 is 11.6 Å². The van der Waals surface area contributed by atoms with Gasteiger partial charge in [0.2, 0.25) is 5.91 Å². The monoisotopic (exact) mass is 614 g/mol. The Labute approximate surface area is 261 Å². The average Bonchev–Trinajstić information content (AvgIpc) is 3.48. The van der Waals surface area contributed by atoms with Crippen molar-refractivity contribution in [2.45, 2.75) is 90.0 Å². The van der Waals surface area contributed by atoms with Gasteiger partial charge in [-0.05, 0) is 63.0 Å². The van der Waals surface area contributed by atoms with Crippen LogP contribution in [0.25, 0.3) is 0 Å². The van der Waals surface area contributed by atoms with Gasteiger partial charge in [-0.2, -0.15) is 0 Å². The molecule has 1 aromatic carbocycles. The first-order valence-corrected chi connectivity index (χ1v) is 15.9. The van der Waals surface area contributed by atoms with E-state index < -0.39 is 41.1 Å². The fourth-order valence-corrected chi connectivity index (χ4v) is 8.00. The van der Waals surface area contributed by atoms with E-state index in [1.54, 1.807) is 17.0 Å². The number of anilines is 1. The Balaban J connectivity index is 1.84. The Kier molecular flexibility index (Phi) is 10.1. The standard InChI is InChI=1S/C34H47ClN2O6/c1-8-11-12-13-18-42-32(41)27-26-30(39)37(25(20-38)21(4)10-3)29(34(26)19-23(6)33(27,7)43-34)31(40)36(17-9-2)28-22(5)15-14-16-24(28)35/h8-9,14-16,21,23,25-27,29,38H,1-2,10-13,17-20H2,3-7H3/t21-,23?,25-,26-,27-,29?,33+,34?/m0/s1. The van der Waals surface area contributed by atoms with Crippen LogP contribution in [0.1, 0.15) is 65.4 Å². The predicted molar refractivity (Wildman–Crippen MR) is 168 cm³/mol. The van der Waals surface area contributed by atoms with E-state index in [4.69, 9.17) is 21.1 Å². The molecular formula is C34H47ClN2O6. The van der Waals surface area contributed by atoms with Crippen molar-refractivity contribution in [1.29, 1.82) is 0 Å². The molecule has 8 nitrogen and oxygen atoms in total. The summed E-state index contributed by atoms with van der Waals surface area (Å²) in [5, 5.41) is 11.1. The molecule has 3 fully saturated rings. The van der Waals surface area contributed by atoms with Crippen LogP contribution in [0.3, 0.4) is 0 Å².